The van der Waals surface area contributed by atoms with Crippen molar-refractivity contribution in [1.29, 1.82) is 0 Å². The molecule has 1 aromatic heterocycles. The fraction of sp³-hybridized carbons (Fsp3) is 0.600. The Labute approximate surface area is 116 Å². The van der Waals surface area contributed by atoms with E-state index in [0.717, 1.165) is 49.4 Å². The highest BCUT2D eigenvalue weighted by Gasteiger charge is 2.15. The lowest BCUT2D eigenvalue weighted by Gasteiger charge is -2.22. The molecule has 4 nitrogen and oxygen atoms in total. The minimum atomic E-state index is 0.109. The molecule has 0 radical (unpaired) electrons. The number of amides is 1. The number of carbonyl (C=O) groups is 1. The first-order valence-electron chi connectivity index (χ1n) is 7.14. The highest BCUT2D eigenvalue weighted by atomic mass is 16.2. The first kappa shape index (κ1) is 15.5. The molecule has 1 amide bonds. The predicted molar refractivity (Wildman–Crippen MR) is 79.6 cm³/mol. The molecular formula is C15H25N3O. The molecule has 106 valence electrons. The van der Waals surface area contributed by atoms with Crippen LogP contribution in [0.25, 0.3) is 0 Å². The highest BCUT2D eigenvalue weighted by Crippen LogP contribution is 2.14. The van der Waals surface area contributed by atoms with Crippen molar-refractivity contribution in [3.05, 3.63) is 23.4 Å². The number of aromatic nitrogens is 1. The van der Waals surface area contributed by atoms with E-state index in [1.165, 1.54) is 0 Å². The summed E-state index contributed by atoms with van der Waals surface area (Å²) in [6.07, 6.45) is 2.80. The average molecular weight is 263 g/mol. The zero-order valence-electron chi connectivity index (χ0n) is 12.5. The molecule has 0 bridgehead atoms. The van der Waals surface area contributed by atoms with Crippen LogP contribution < -0.4 is 5.32 Å². The van der Waals surface area contributed by atoms with Gasteiger partial charge in [-0.3, -0.25) is 4.79 Å². The molecule has 0 saturated heterocycles. The molecule has 0 fully saturated rings. The van der Waals surface area contributed by atoms with Crippen LogP contribution in [0, 0.1) is 0 Å². The minimum Gasteiger partial charge on any atom is -0.373 e. The van der Waals surface area contributed by atoms with Gasteiger partial charge in [-0.25, -0.2) is 4.98 Å². The van der Waals surface area contributed by atoms with Gasteiger partial charge in [0, 0.05) is 31.4 Å². The first-order chi connectivity index (χ1) is 9.15. The molecule has 0 aliphatic rings. The van der Waals surface area contributed by atoms with E-state index in [-0.39, 0.29) is 5.91 Å². The second-order valence-corrected chi connectivity index (χ2v) is 4.63. The number of anilines is 1. The van der Waals surface area contributed by atoms with Gasteiger partial charge in [-0.1, -0.05) is 20.8 Å². The maximum atomic E-state index is 12.5. The second kappa shape index (κ2) is 7.77. The van der Waals surface area contributed by atoms with Gasteiger partial charge >= 0.3 is 0 Å². The van der Waals surface area contributed by atoms with E-state index >= 15 is 0 Å². The van der Waals surface area contributed by atoms with Crippen molar-refractivity contribution in [2.75, 3.05) is 25.5 Å². The third-order valence-corrected chi connectivity index (χ3v) is 3.02. The summed E-state index contributed by atoms with van der Waals surface area (Å²) in [6, 6.07) is 3.74. The van der Waals surface area contributed by atoms with E-state index in [1.54, 1.807) is 0 Å². The topological polar surface area (TPSA) is 45.2 Å². The van der Waals surface area contributed by atoms with Gasteiger partial charge in [0.1, 0.15) is 5.82 Å². The first-order valence-corrected chi connectivity index (χ1v) is 7.14. The van der Waals surface area contributed by atoms with Crippen LogP contribution in [0.3, 0.4) is 0 Å². The average Bonchev–Trinajstić information content (AvgIpc) is 2.45. The SMILES string of the molecule is CCCN(CCC)C(=O)c1cc(CC)nc(NC)c1. The number of hydrogen-bond donors (Lipinski definition) is 1. The van der Waals surface area contributed by atoms with Crippen molar-refractivity contribution in [3.63, 3.8) is 0 Å². The number of nitrogens with one attached hydrogen (secondary N) is 1. The molecule has 1 heterocycles. The Morgan fingerprint density at radius 3 is 2.32 bits per heavy atom. The summed E-state index contributed by atoms with van der Waals surface area (Å²) < 4.78 is 0. The van der Waals surface area contributed by atoms with Crippen LogP contribution in [-0.2, 0) is 6.42 Å². The third-order valence-electron chi connectivity index (χ3n) is 3.02. The molecule has 0 aliphatic heterocycles. The van der Waals surface area contributed by atoms with Crippen molar-refractivity contribution in [2.45, 2.75) is 40.0 Å². The van der Waals surface area contributed by atoms with E-state index in [9.17, 15) is 4.79 Å². The van der Waals surface area contributed by atoms with Crippen molar-refractivity contribution >= 4 is 11.7 Å². The van der Waals surface area contributed by atoms with Crippen LogP contribution in [0.5, 0.6) is 0 Å². The van der Waals surface area contributed by atoms with E-state index in [2.05, 4.69) is 24.1 Å². The van der Waals surface area contributed by atoms with E-state index < -0.39 is 0 Å². The fourth-order valence-electron chi connectivity index (χ4n) is 2.06. The monoisotopic (exact) mass is 263 g/mol. The number of aryl methyl sites for hydroxylation is 1. The molecule has 0 aliphatic carbocycles. The van der Waals surface area contributed by atoms with Gasteiger partial charge in [0.05, 0.1) is 0 Å². The molecule has 0 atom stereocenters. The smallest absolute Gasteiger partial charge is 0.254 e. The molecule has 0 aromatic carbocycles. The van der Waals surface area contributed by atoms with Gasteiger partial charge < -0.3 is 10.2 Å². The Morgan fingerprint density at radius 2 is 1.84 bits per heavy atom. The van der Waals surface area contributed by atoms with Gasteiger partial charge in [-0.05, 0) is 31.4 Å². The molecular weight excluding hydrogens is 238 g/mol. The third kappa shape index (κ3) is 4.23. The van der Waals surface area contributed by atoms with Gasteiger partial charge in [0.15, 0.2) is 0 Å². The number of pyridine rings is 1. The normalized spacial score (nSPS) is 10.3. The summed E-state index contributed by atoms with van der Waals surface area (Å²) in [5.74, 6) is 0.868. The molecule has 19 heavy (non-hydrogen) atoms. The summed E-state index contributed by atoms with van der Waals surface area (Å²) in [4.78, 5) is 18.9. The zero-order valence-corrected chi connectivity index (χ0v) is 12.5. The number of nitrogens with zero attached hydrogens (tertiary/aromatic N) is 2. The Kier molecular flexibility index (Phi) is 6.33. The summed E-state index contributed by atoms with van der Waals surface area (Å²) in [5, 5.41) is 3.02. The van der Waals surface area contributed by atoms with Crippen LogP contribution >= 0.6 is 0 Å². The van der Waals surface area contributed by atoms with Crippen LogP contribution in [0.4, 0.5) is 5.82 Å². The summed E-state index contributed by atoms with van der Waals surface area (Å²) in [7, 11) is 1.83. The van der Waals surface area contributed by atoms with Crippen molar-refractivity contribution < 1.29 is 4.79 Å². The van der Waals surface area contributed by atoms with Gasteiger partial charge in [-0.2, -0.15) is 0 Å². The molecule has 1 N–H and O–H groups in total. The highest BCUT2D eigenvalue weighted by molar-refractivity contribution is 5.95. The Balaban J connectivity index is 3.01. The maximum Gasteiger partial charge on any atom is 0.254 e. The van der Waals surface area contributed by atoms with E-state index in [1.807, 2.05) is 31.0 Å². The summed E-state index contributed by atoms with van der Waals surface area (Å²) >= 11 is 0. The molecule has 0 spiro atoms. The number of hydrogen-bond acceptors (Lipinski definition) is 3. The van der Waals surface area contributed by atoms with E-state index in [4.69, 9.17) is 0 Å². The largest absolute Gasteiger partial charge is 0.373 e. The van der Waals surface area contributed by atoms with Crippen molar-refractivity contribution in [2.24, 2.45) is 0 Å². The number of carbonyl (C=O) groups excluding carboxylic acids is 1. The van der Waals surface area contributed by atoms with Crippen LogP contribution in [-0.4, -0.2) is 35.9 Å². The Hall–Kier alpha value is -1.58. The van der Waals surface area contributed by atoms with Crippen LogP contribution in [0.1, 0.15) is 49.7 Å². The lowest BCUT2D eigenvalue weighted by atomic mass is 10.1. The lowest BCUT2D eigenvalue weighted by Crippen LogP contribution is -2.32. The summed E-state index contributed by atoms with van der Waals surface area (Å²) in [5.41, 5.74) is 1.68. The fourth-order valence-corrected chi connectivity index (χ4v) is 2.06. The van der Waals surface area contributed by atoms with Crippen molar-refractivity contribution in [1.82, 2.24) is 9.88 Å². The lowest BCUT2D eigenvalue weighted by molar-refractivity contribution is 0.0755. The van der Waals surface area contributed by atoms with Gasteiger partial charge in [0.2, 0.25) is 0 Å². The van der Waals surface area contributed by atoms with Gasteiger partial charge in [-0.15, -0.1) is 0 Å². The zero-order chi connectivity index (χ0) is 14.3. The minimum absolute atomic E-state index is 0.109. The quantitative estimate of drug-likeness (QED) is 0.822. The van der Waals surface area contributed by atoms with Crippen molar-refractivity contribution in [3.8, 4) is 0 Å². The van der Waals surface area contributed by atoms with E-state index in [0.29, 0.717) is 0 Å². The predicted octanol–water partition coefficient (Wildman–Crippen LogP) is 2.95. The maximum absolute atomic E-state index is 12.5. The molecule has 0 saturated carbocycles. The second-order valence-electron chi connectivity index (χ2n) is 4.63. The van der Waals surface area contributed by atoms with Crippen LogP contribution in [0.2, 0.25) is 0 Å². The van der Waals surface area contributed by atoms with Gasteiger partial charge in [0.25, 0.3) is 5.91 Å². The standard InChI is InChI=1S/C15H25N3O/c1-5-8-18(9-6-2)15(19)12-10-13(7-3)17-14(11-12)16-4/h10-11H,5-9H2,1-4H3,(H,16,17). The molecule has 0 unspecified atom stereocenters. The van der Waals surface area contributed by atoms with Crippen LogP contribution in [0.15, 0.2) is 12.1 Å². The Bertz CT molecular complexity index is 390. The Morgan fingerprint density at radius 1 is 1.21 bits per heavy atom. The number of rotatable bonds is 7. The summed E-state index contributed by atoms with van der Waals surface area (Å²) in [6.45, 7) is 7.86. The molecule has 1 rings (SSSR count). The molecule has 4 heteroatoms. The molecule has 1 aromatic rings.